The molecule has 1 aromatic carbocycles. The Morgan fingerprint density at radius 2 is 2.33 bits per heavy atom. The molecule has 5 heteroatoms. The third-order valence-electron chi connectivity index (χ3n) is 3.27. The highest BCUT2D eigenvalue weighted by molar-refractivity contribution is 9.10. The van der Waals surface area contributed by atoms with E-state index < -0.39 is 5.82 Å². The van der Waals surface area contributed by atoms with Crippen molar-refractivity contribution in [3.8, 4) is 0 Å². The van der Waals surface area contributed by atoms with Gasteiger partial charge in [-0.15, -0.1) is 0 Å². The van der Waals surface area contributed by atoms with Crippen LogP contribution >= 0.6 is 15.9 Å². The van der Waals surface area contributed by atoms with Gasteiger partial charge in [0.2, 0.25) is 0 Å². The van der Waals surface area contributed by atoms with Gasteiger partial charge in [0.15, 0.2) is 0 Å². The van der Waals surface area contributed by atoms with Crippen LogP contribution in [0.4, 0.5) is 4.39 Å². The molecule has 0 aliphatic carbocycles. The summed E-state index contributed by atoms with van der Waals surface area (Å²) in [5.41, 5.74) is 0.0853. The van der Waals surface area contributed by atoms with E-state index in [4.69, 9.17) is 0 Å². The van der Waals surface area contributed by atoms with Gasteiger partial charge in [-0.2, -0.15) is 0 Å². The van der Waals surface area contributed by atoms with Crippen molar-refractivity contribution >= 4 is 21.8 Å². The Balaban J connectivity index is 2.09. The second-order valence-corrected chi connectivity index (χ2v) is 5.42. The SMILES string of the molecule is CC1NCCCC1NC(=O)c1cccc(Br)c1F. The number of benzene rings is 1. The molecule has 0 bridgehead atoms. The van der Waals surface area contributed by atoms with Crippen molar-refractivity contribution in [2.45, 2.75) is 31.8 Å². The largest absolute Gasteiger partial charge is 0.348 e. The fourth-order valence-corrected chi connectivity index (χ4v) is 2.53. The van der Waals surface area contributed by atoms with E-state index in [1.165, 1.54) is 6.07 Å². The Bertz CT molecular complexity index is 453. The van der Waals surface area contributed by atoms with Gasteiger partial charge in [-0.1, -0.05) is 6.07 Å². The molecule has 0 radical (unpaired) electrons. The van der Waals surface area contributed by atoms with E-state index in [-0.39, 0.29) is 23.6 Å². The van der Waals surface area contributed by atoms with E-state index >= 15 is 0 Å². The zero-order valence-corrected chi connectivity index (χ0v) is 11.8. The first-order chi connectivity index (χ1) is 8.59. The summed E-state index contributed by atoms with van der Waals surface area (Å²) in [5, 5.41) is 6.19. The van der Waals surface area contributed by atoms with E-state index in [0.29, 0.717) is 4.47 Å². The Morgan fingerprint density at radius 3 is 3.06 bits per heavy atom. The maximum atomic E-state index is 13.8. The van der Waals surface area contributed by atoms with Crippen LogP contribution in [0.1, 0.15) is 30.1 Å². The number of nitrogens with one attached hydrogen (secondary N) is 2. The van der Waals surface area contributed by atoms with E-state index in [0.717, 1.165) is 19.4 Å². The molecule has 98 valence electrons. The van der Waals surface area contributed by atoms with Crippen molar-refractivity contribution in [3.05, 3.63) is 34.1 Å². The number of halogens is 2. The van der Waals surface area contributed by atoms with Gasteiger partial charge in [0, 0.05) is 12.1 Å². The molecule has 1 aliphatic rings. The van der Waals surface area contributed by atoms with E-state index in [9.17, 15) is 9.18 Å². The van der Waals surface area contributed by atoms with Crippen molar-refractivity contribution < 1.29 is 9.18 Å². The molecular weight excluding hydrogens is 299 g/mol. The predicted octanol–water partition coefficient (Wildman–Crippen LogP) is 2.46. The number of rotatable bonds is 2. The maximum absolute atomic E-state index is 13.8. The molecule has 2 N–H and O–H groups in total. The summed E-state index contributed by atoms with van der Waals surface area (Å²) in [6.45, 7) is 3.00. The van der Waals surface area contributed by atoms with Crippen molar-refractivity contribution in [1.29, 1.82) is 0 Å². The Morgan fingerprint density at radius 1 is 1.56 bits per heavy atom. The van der Waals surface area contributed by atoms with E-state index in [2.05, 4.69) is 26.6 Å². The highest BCUT2D eigenvalue weighted by Gasteiger charge is 2.24. The van der Waals surface area contributed by atoms with Crippen molar-refractivity contribution in [3.63, 3.8) is 0 Å². The molecular formula is C13H16BrFN2O. The second kappa shape index (κ2) is 5.80. The number of piperidine rings is 1. The zero-order chi connectivity index (χ0) is 13.1. The van der Waals surface area contributed by atoms with Gasteiger partial charge in [0.1, 0.15) is 5.82 Å². The highest BCUT2D eigenvalue weighted by atomic mass is 79.9. The van der Waals surface area contributed by atoms with Crippen LogP contribution in [0.5, 0.6) is 0 Å². The lowest BCUT2D eigenvalue weighted by atomic mass is 9.99. The van der Waals surface area contributed by atoms with Crippen LogP contribution < -0.4 is 10.6 Å². The summed E-state index contributed by atoms with van der Waals surface area (Å²) in [6.07, 6.45) is 1.95. The molecule has 18 heavy (non-hydrogen) atoms. The smallest absolute Gasteiger partial charge is 0.254 e. The van der Waals surface area contributed by atoms with Gasteiger partial charge < -0.3 is 10.6 Å². The summed E-state index contributed by atoms with van der Waals surface area (Å²) in [5.74, 6) is -0.860. The normalized spacial score (nSPS) is 23.7. The van der Waals surface area contributed by atoms with Gasteiger partial charge in [0.25, 0.3) is 5.91 Å². The molecule has 2 atom stereocenters. The first kappa shape index (κ1) is 13.5. The molecule has 0 aromatic heterocycles. The topological polar surface area (TPSA) is 41.1 Å². The minimum absolute atomic E-state index is 0.0598. The number of amides is 1. The monoisotopic (exact) mass is 314 g/mol. The number of carbonyl (C=O) groups is 1. The van der Waals surface area contributed by atoms with Gasteiger partial charge >= 0.3 is 0 Å². The molecule has 0 saturated carbocycles. The van der Waals surface area contributed by atoms with Crippen molar-refractivity contribution in [2.75, 3.05) is 6.54 Å². The molecule has 1 amide bonds. The lowest BCUT2D eigenvalue weighted by Gasteiger charge is -2.30. The number of hydrogen-bond acceptors (Lipinski definition) is 2. The lowest BCUT2D eigenvalue weighted by Crippen LogP contribution is -2.52. The molecule has 1 heterocycles. The maximum Gasteiger partial charge on any atom is 0.254 e. The molecule has 2 unspecified atom stereocenters. The van der Waals surface area contributed by atoms with Gasteiger partial charge in [-0.25, -0.2) is 4.39 Å². The summed E-state index contributed by atoms with van der Waals surface area (Å²) in [7, 11) is 0. The number of carbonyl (C=O) groups excluding carboxylic acids is 1. The second-order valence-electron chi connectivity index (χ2n) is 4.57. The van der Waals surface area contributed by atoms with Crippen molar-refractivity contribution in [2.24, 2.45) is 0 Å². The fraction of sp³-hybridized carbons (Fsp3) is 0.462. The lowest BCUT2D eigenvalue weighted by molar-refractivity contribution is 0.0915. The quantitative estimate of drug-likeness (QED) is 0.880. The van der Waals surface area contributed by atoms with Gasteiger partial charge in [-0.3, -0.25) is 4.79 Å². The summed E-state index contributed by atoms with van der Waals surface area (Å²) >= 11 is 3.08. The Labute approximate surface area is 114 Å². The van der Waals surface area contributed by atoms with Crippen LogP contribution in [-0.2, 0) is 0 Å². The van der Waals surface area contributed by atoms with E-state index in [1.807, 2.05) is 6.92 Å². The third kappa shape index (κ3) is 2.90. The van der Waals surface area contributed by atoms with Gasteiger partial charge in [-0.05, 0) is 54.4 Å². The first-order valence-electron chi connectivity index (χ1n) is 6.08. The van der Waals surface area contributed by atoms with Crippen LogP contribution in [-0.4, -0.2) is 24.5 Å². The molecule has 0 spiro atoms. The van der Waals surface area contributed by atoms with Crippen molar-refractivity contribution in [1.82, 2.24) is 10.6 Å². The molecule has 1 aromatic rings. The average Bonchev–Trinajstić information content (AvgIpc) is 2.35. The average molecular weight is 315 g/mol. The summed E-state index contributed by atoms with van der Waals surface area (Å²) in [4.78, 5) is 12.0. The van der Waals surface area contributed by atoms with E-state index in [1.54, 1.807) is 12.1 Å². The molecule has 2 rings (SSSR count). The zero-order valence-electron chi connectivity index (χ0n) is 10.2. The molecule has 1 fully saturated rings. The summed E-state index contributed by atoms with van der Waals surface area (Å²) < 4.78 is 14.1. The number of hydrogen-bond donors (Lipinski definition) is 2. The third-order valence-corrected chi connectivity index (χ3v) is 3.89. The molecule has 1 aliphatic heterocycles. The minimum Gasteiger partial charge on any atom is -0.348 e. The van der Waals surface area contributed by atoms with Crippen LogP contribution in [0.2, 0.25) is 0 Å². The Hall–Kier alpha value is -0.940. The van der Waals surface area contributed by atoms with Gasteiger partial charge in [0.05, 0.1) is 10.0 Å². The minimum atomic E-state index is -0.508. The summed E-state index contributed by atoms with van der Waals surface area (Å²) in [6, 6.07) is 5.01. The molecule has 3 nitrogen and oxygen atoms in total. The van der Waals surface area contributed by atoms with Crippen LogP contribution in [0.15, 0.2) is 22.7 Å². The highest BCUT2D eigenvalue weighted by Crippen LogP contribution is 2.19. The standard InChI is InChI=1S/C13H16BrFN2O/c1-8-11(6-3-7-16-8)17-13(18)9-4-2-5-10(14)12(9)15/h2,4-5,8,11,16H,3,6-7H2,1H3,(H,17,18). The molecule has 1 saturated heterocycles. The Kier molecular flexibility index (Phi) is 4.35. The first-order valence-corrected chi connectivity index (χ1v) is 6.87. The predicted molar refractivity (Wildman–Crippen MR) is 72.1 cm³/mol. The van der Waals surface area contributed by atoms with Crippen LogP contribution in [0.3, 0.4) is 0 Å². The van der Waals surface area contributed by atoms with Crippen LogP contribution in [0.25, 0.3) is 0 Å². The fourth-order valence-electron chi connectivity index (χ4n) is 2.17. The van der Waals surface area contributed by atoms with Crippen LogP contribution in [0, 0.1) is 5.82 Å².